The van der Waals surface area contributed by atoms with Gasteiger partial charge in [0.05, 0.1) is 16.8 Å². The molecule has 3 rings (SSSR count). The van der Waals surface area contributed by atoms with Crippen LogP contribution >= 0.6 is 0 Å². The van der Waals surface area contributed by atoms with Gasteiger partial charge in [-0.25, -0.2) is 8.42 Å². The quantitative estimate of drug-likeness (QED) is 0.711. The van der Waals surface area contributed by atoms with Crippen molar-refractivity contribution in [1.29, 1.82) is 0 Å². The van der Waals surface area contributed by atoms with Crippen LogP contribution in [0.3, 0.4) is 0 Å². The number of benzene rings is 2. The van der Waals surface area contributed by atoms with Gasteiger partial charge in [-0.15, -0.1) is 0 Å². The van der Waals surface area contributed by atoms with Gasteiger partial charge < -0.3 is 5.32 Å². The number of fused-ring (bicyclic) bond motifs is 1. The molecule has 0 saturated carbocycles. The number of alkyl halides is 6. The Kier molecular flexibility index (Phi) is 4.06. The minimum Gasteiger partial charge on any atom is -0.354 e. The first kappa shape index (κ1) is 18.3. The molecule has 0 fully saturated rings. The molecular weight excluding hydrogens is 384 g/mol. The van der Waals surface area contributed by atoms with Crippen molar-refractivity contribution in [3.05, 3.63) is 58.5 Å². The predicted octanol–water partition coefficient (Wildman–Crippen LogP) is 5.23. The van der Waals surface area contributed by atoms with Gasteiger partial charge in [-0.3, -0.25) is 0 Å². The largest absolute Gasteiger partial charge is 0.416 e. The summed E-state index contributed by atoms with van der Waals surface area (Å²) in [6.45, 7) is 0. The van der Waals surface area contributed by atoms with Crippen molar-refractivity contribution in [2.45, 2.75) is 17.2 Å². The third kappa shape index (κ3) is 3.41. The second-order valence-corrected chi connectivity index (χ2v) is 7.26. The molecule has 0 atom stereocenters. The van der Waals surface area contributed by atoms with Gasteiger partial charge in [0.2, 0.25) is 9.84 Å². The smallest absolute Gasteiger partial charge is 0.354 e. The molecular formula is C16H9F6NO2S. The number of anilines is 2. The maximum Gasteiger partial charge on any atom is 0.416 e. The highest BCUT2D eigenvalue weighted by Crippen LogP contribution is 2.40. The molecule has 1 N–H and O–H groups in total. The lowest BCUT2D eigenvalue weighted by Gasteiger charge is -2.16. The maximum absolute atomic E-state index is 12.9. The van der Waals surface area contributed by atoms with Gasteiger partial charge >= 0.3 is 12.4 Å². The van der Waals surface area contributed by atoms with Crippen LogP contribution in [0.2, 0.25) is 0 Å². The molecule has 0 radical (unpaired) electrons. The number of nitrogens with one attached hydrogen (secondary N) is 1. The minimum absolute atomic E-state index is 0.00109. The van der Waals surface area contributed by atoms with Gasteiger partial charge in [0.25, 0.3) is 0 Å². The number of halogens is 6. The van der Waals surface area contributed by atoms with Gasteiger partial charge in [0, 0.05) is 11.1 Å². The van der Waals surface area contributed by atoms with Gasteiger partial charge in [0.15, 0.2) is 0 Å². The molecule has 0 aliphatic carbocycles. The summed E-state index contributed by atoms with van der Waals surface area (Å²) in [5.74, 6) is 0. The van der Waals surface area contributed by atoms with Crippen molar-refractivity contribution >= 4 is 27.3 Å². The van der Waals surface area contributed by atoms with E-state index in [0.717, 1.165) is 5.41 Å². The zero-order chi connectivity index (χ0) is 19.3. The van der Waals surface area contributed by atoms with E-state index in [9.17, 15) is 34.8 Å². The van der Waals surface area contributed by atoms with E-state index in [1.165, 1.54) is 24.3 Å². The third-order valence-electron chi connectivity index (χ3n) is 3.62. The highest BCUT2D eigenvalue weighted by atomic mass is 32.2. The van der Waals surface area contributed by atoms with Gasteiger partial charge in [-0.1, -0.05) is 12.1 Å². The standard InChI is InChI=1S/C16H9F6NO2S/c17-15(18,19)10-6-11(16(20,21)22)8-12(7-10)23-13-3-1-2-9-4-5-26(24,25)14(9)13/h1-8,23H. The Morgan fingerprint density at radius 1 is 0.846 bits per heavy atom. The summed E-state index contributed by atoms with van der Waals surface area (Å²) >= 11 is 0. The third-order valence-corrected chi connectivity index (χ3v) is 5.14. The molecule has 0 bridgehead atoms. The van der Waals surface area contributed by atoms with Crippen molar-refractivity contribution in [2.24, 2.45) is 0 Å². The summed E-state index contributed by atoms with van der Waals surface area (Å²) < 4.78 is 102. The van der Waals surface area contributed by atoms with Crippen molar-refractivity contribution in [3.8, 4) is 0 Å². The molecule has 3 nitrogen and oxygen atoms in total. The predicted molar refractivity (Wildman–Crippen MR) is 82.4 cm³/mol. The average molecular weight is 393 g/mol. The molecule has 1 aliphatic rings. The van der Waals surface area contributed by atoms with E-state index < -0.39 is 39.0 Å². The van der Waals surface area contributed by atoms with E-state index in [0.29, 0.717) is 12.1 Å². The van der Waals surface area contributed by atoms with Crippen LogP contribution in [0.25, 0.3) is 6.08 Å². The van der Waals surface area contributed by atoms with Crippen LogP contribution in [0.4, 0.5) is 37.7 Å². The Morgan fingerprint density at radius 2 is 1.42 bits per heavy atom. The fourth-order valence-electron chi connectivity index (χ4n) is 2.52. The number of sulfone groups is 1. The van der Waals surface area contributed by atoms with Crippen molar-refractivity contribution < 1.29 is 34.8 Å². The highest BCUT2D eigenvalue weighted by Gasteiger charge is 2.37. The molecule has 2 aromatic rings. The Bertz CT molecular complexity index is 974. The molecule has 0 amide bonds. The van der Waals surface area contributed by atoms with Crippen molar-refractivity contribution in [1.82, 2.24) is 0 Å². The Labute approximate surface area is 143 Å². The van der Waals surface area contributed by atoms with Crippen LogP contribution in [0.1, 0.15) is 16.7 Å². The molecule has 10 heteroatoms. The van der Waals surface area contributed by atoms with E-state index in [-0.39, 0.29) is 22.2 Å². The number of hydrogen-bond donors (Lipinski definition) is 1. The normalized spacial score (nSPS) is 15.8. The van der Waals surface area contributed by atoms with Crippen molar-refractivity contribution in [2.75, 3.05) is 5.32 Å². The monoisotopic (exact) mass is 393 g/mol. The first-order valence-electron chi connectivity index (χ1n) is 7.01. The Hall–Kier alpha value is -2.49. The van der Waals surface area contributed by atoms with E-state index in [2.05, 4.69) is 5.32 Å². The summed E-state index contributed by atoms with van der Waals surface area (Å²) in [6.07, 6.45) is -8.70. The summed E-state index contributed by atoms with van der Waals surface area (Å²) in [4.78, 5) is -0.203. The lowest BCUT2D eigenvalue weighted by atomic mass is 10.1. The first-order valence-corrected chi connectivity index (χ1v) is 8.55. The molecule has 0 saturated heterocycles. The molecule has 2 aromatic carbocycles. The van der Waals surface area contributed by atoms with E-state index in [4.69, 9.17) is 0 Å². The Balaban J connectivity index is 2.12. The highest BCUT2D eigenvalue weighted by molar-refractivity contribution is 7.95. The van der Waals surface area contributed by atoms with Crippen LogP contribution in [0, 0.1) is 0 Å². The Morgan fingerprint density at radius 3 is 1.96 bits per heavy atom. The van der Waals surface area contributed by atoms with E-state index in [1.54, 1.807) is 0 Å². The maximum atomic E-state index is 12.9. The SMILES string of the molecule is O=S1(=O)C=Cc2cccc(Nc3cc(C(F)(F)F)cc(C(F)(F)F)c3)c21. The molecule has 138 valence electrons. The summed E-state index contributed by atoms with van der Waals surface area (Å²) in [5.41, 5.74) is -3.34. The number of hydrogen-bond acceptors (Lipinski definition) is 3. The zero-order valence-electron chi connectivity index (χ0n) is 12.6. The van der Waals surface area contributed by atoms with Crippen LogP contribution in [-0.4, -0.2) is 8.42 Å². The van der Waals surface area contributed by atoms with Gasteiger partial charge in [-0.2, -0.15) is 26.3 Å². The fourth-order valence-corrected chi connectivity index (χ4v) is 3.87. The zero-order valence-corrected chi connectivity index (χ0v) is 13.4. The minimum atomic E-state index is -5.00. The second kappa shape index (κ2) is 5.76. The second-order valence-electron chi connectivity index (χ2n) is 5.49. The molecule has 0 spiro atoms. The molecule has 1 heterocycles. The molecule has 0 unspecified atom stereocenters. The summed E-state index contributed by atoms with van der Waals surface area (Å²) in [6, 6.07) is 5.14. The number of rotatable bonds is 2. The molecule has 1 aliphatic heterocycles. The first-order chi connectivity index (χ1) is 11.9. The lowest BCUT2D eigenvalue weighted by Crippen LogP contribution is -2.12. The van der Waals surface area contributed by atoms with Crippen LogP contribution in [0.5, 0.6) is 0 Å². The van der Waals surface area contributed by atoms with Crippen molar-refractivity contribution in [3.63, 3.8) is 0 Å². The fraction of sp³-hybridized carbons (Fsp3) is 0.125. The van der Waals surface area contributed by atoms with Crippen LogP contribution < -0.4 is 5.32 Å². The lowest BCUT2D eigenvalue weighted by molar-refractivity contribution is -0.143. The summed E-state index contributed by atoms with van der Waals surface area (Å²) in [7, 11) is -3.82. The van der Waals surface area contributed by atoms with Gasteiger partial charge in [0.1, 0.15) is 4.90 Å². The molecule has 0 aromatic heterocycles. The van der Waals surface area contributed by atoms with Crippen LogP contribution in [0.15, 0.2) is 46.7 Å². The van der Waals surface area contributed by atoms with E-state index in [1.807, 2.05) is 0 Å². The molecule has 26 heavy (non-hydrogen) atoms. The van der Waals surface area contributed by atoms with Crippen LogP contribution in [-0.2, 0) is 22.2 Å². The van der Waals surface area contributed by atoms with Gasteiger partial charge in [-0.05, 0) is 35.9 Å². The average Bonchev–Trinajstić information content (AvgIpc) is 2.82. The van der Waals surface area contributed by atoms with E-state index >= 15 is 0 Å². The topological polar surface area (TPSA) is 46.2 Å². The summed E-state index contributed by atoms with van der Waals surface area (Å²) in [5, 5.41) is 3.28.